The normalized spacial score (nSPS) is 12.2. The molecule has 0 fully saturated rings. The van der Waals surface area contributed by atoms with E-state index in [0.717, 1.165) is 5.56 Å². The van der Waals surface area contributed by atoms with Crippen molar-refractivity contribution in [2.45, 2.75) is 13.0 Å². The van der Waals surface area contributed by atoms with E-state index in [0.29, 0.717) is 11.6 Å². The van der Waals surface area contributed by atoms with Crippen molar-refractivity contribution < 1.29 is 4.79 Å². The average molecular weight is 213 g/mol. The largest absolute Gasteiger partial charge is 0.348 e. The van der Waals surface area contributed by atoms with Gasteiger partial charge in [-0.05, 0) is 17.7 Å². The van der Waals surface area contributed by atoms with Crippen LogP contribution in [0.2, 0.25) is 5.02 Å². The molecule has 3 nitrogen and oxygen atoms in total. The topological polar surface area (TPSA) is 55.1 Å². The quantitative estimate of drug-likeness (QED) is 0.798. The van der Waals surface area contributed by atoms with Crippen molar-refractivity contribution >= 4 is 17.5 Å². The molecule has 1 aromatic rings. The molecule has 1 unspecified atom stereocenters. The van der Waals surface area contributed by atoms with Gasteiger partial charge in [-0.1, -0.05) is 23.7 Å². The van der Waals surface area contributed by atoms with Gasteiger partial charge in [-0.2, -0.15) is 0 Å². The minimum Gasteiger partial charge on any atom is -0.348 e. The lowest BCUT2D eigenvalue weighted by atomic mass is 10.1. The van der Waals surface area contributed by atoms with Crippen molar-refractivity contribution in [1.29, 1.82) is 0 Å². The zero-order valence-corrected chi connectivity index (χ0v) is 8.71. The number of nitrogens with one attached hydrogen (secondary N) is 1. The minimum atomic E-state index is -0.134. The summed E-state index contributed by atoms with van der Waals surface area (Å²) in [7, 11) is 0. The van der Waals surface area contributed by atoms with Crippen LogP contribution in [-0.4, -0.2) is 12.5 Å². The number of nitrogens with two attached hydrogens (primary N) is 1. The van der Waals surface area contributed by atoms with Gasteiger partial charge in [0.1, 0.15) is 0 Å². The summed E-state index contributed by atoms with van der Waals surface area (Å²) in [5.74, 6) is -0.0876. The Kier molecular flexibility index (Phi) is 3.92. The molecule has 4 heteroatoms. The third-order valence-electron chi connectivity index (χ3n) is 1.89. The Morgan fingerprint density at radius 2 is 2.07 bits per heavy atom. The fourth-order valence-electron chi connectivity index (χ4n) is 1.22. The van der Waals surface area contributed by atoms with Crippen LogP contribution in [0, 0.1) is 0 Å². The van der Waals surface area contributed by atoms with E-state index in [-0.39, 0.29) is 11.9 Å². The molecule has 0 heterocycles. The van der Waals surface area contributed by atoms with Gasteiger partial charge in [0.25, 0.3) is 0 Å². The van der Waals surface area contributed by atoms with E-state index in [1.54, 1.807) is 12.1 Å². The fourth-order valence-corrected chi connectivity index (χ4v) is 1.34. The second-order valence-corrected chi connectivity index (χ2v) is 3.48. The summed E-state index contributed by atoms with van der Waals surface area (Å²) in [6, 6.07) is 7.14. The van der Waals surface area contributed by atoms with E-state index in [1.165, 1.54) is 6.92 Å². The van der Waals surface area contributed by atoms with Gasteiger partial charge in [-0.15, -0.1) is 0 Å². The highest BCUT2D eigenvalue weighted by Gasteiger charge is 2.09. The third kappa shape index (κ3) is 3.01. The minimum absolute atomic E-state index is 0.0876. The van der Waals surface area contributed by atoms with Gasteiger partial charge in [-0.3, -0.25) is 4.79 Å². The van der Waals surface area contributed by atoms with Gasteiger partial charge in [0.05, 0.1) is 6.04 Å². The lowest BCUT2D eigenvalue weighted by Gasteiger charge is -2.15. The molecule has 0 spiro atoms. The predicted molar refractivity (Wildman–Crippen MR) is 57.1 cm³/mol. The molecule has 1 amide bonds. The number of carbonyl (C=O) groups excluding carboxylic acids is 1. The molecule has 0 aromatic heterocycles. The van der Waals surface area contributed by atoms with Gasteiger partial charge in [0.15, 0.2) is 0 Å². The highest BCUT2D eigenvalue weighted by atomic mass is 35.5. The Bertz CT molecular complexity index is 310. The molecule has 0 aliphatic rings. The number of carbonyl (C=O) groups is 1. The van der Waals surface area contributed by atoms with E-state index in [1.807, 2.05) is 12.1 Å². The molecule has 1 atom stereocenters. The van der Waals surface area contributed by atoms with Crippen LogP contribution in [-0.2, 0) is 4.79 Å². The summed E-state index contributed by atoms with van der Waals surface area (Å²) in [6.45, 7) is 1.85. The molecule has 76 valence electrons. The standard InChI is InChI=1S/C10H13ClN2O/c1-7(14)13-10(6-12)8-2-4-9(11)5-3-8/h2-5,10H,6,12H2,1H3,(H,13,14). The molecule has 0 saturated heterocycles. The van der Waals surface area contributed by atoms with E-state index in [4.69, 9.17) is 17.3 Å². The monoisotopic (exact) mass is 212 g/mol. The van der Waals surface area contributed by atoms with Crippen LogP contribution in [0.5, 0.6) is 0 Å². The van der Waals surface area contributed by atoms with Crippen LogP contribution < -0.4 is 11.1 Å². The Morgan fingerprint density at radius 1 is 1.50 bits per heavy atom. The lowest BCUT2D eigenvalue weighted by Crippen LogP contribution is -2.31. The van der Waals surface area contributed by atoms with Crippen LogP contribution in [0.25, 0.3) is 0 Å². The molecule has 0 aliphatic heterocycles. The van der Waals surface area contributed by atoms with Gasteiger partial charge in [-0.25, -0.2) is 0 Å². The zero-order valence-electron chi connectivity index (χ0n) is 7.96. The molecule has 0 aliphatic carbocycles. The molecule has 3 N–H and O–H groups in total. The van der Waals surface area contributed by atoms with Crippen molar-refractivity contribution in [3.8, 4) is 0 Å². The van der Waals surface area contributed by atoms with Crippen molar-refractivity contribution in [1.82, 2.24) is 5.32 Å². The summed E-state index contributed by atoms with van der Waals surface area (Å²) in [6.07, 6.45) is 0. The Hall–Kier alpha value is -1.06. The van der Waals surface area contributed by atoms with E-state index >= 15 is 0 Å². The summed E-state index contributed by atoms with van der Waals surface area (Å²) in [5.41, 5.74) is 6.51. The van der Waals surface area contributed by atoms with Crippen LogP contribution in [0.1, 0.15) is 18.5 Å². The zero-order chi connectivity index (χ0) is 10.6. The van der Waals surface area contributed by atoms with Gasteiger partial charge < -0.3 is 11.1 Å². The third-order valence-corrected chi connectivity index (χ3v) is 2.14. The first-order chi connectivity index (χ1) is 6.63. The number of amides is 1. The number of hydrogen-bond donors (Lipinski definition) is 2. The van der Waals surface area contributed by atoms with Crippen molar-refractivity contribution in [2.24, 2.45) is 5.73 Å². The van der Waals surface area contributed by atoms with E-state index < -0.39 is 0 Å². The lowest BCUT2D eigenvalue weighted by molar-refractivity contribution is -0.119. The second kappa shape index (κ2) is 4.98. The van der Waals surface area contributed by atoms with E-state index in [9.17, 15) is 4.79 Å². The van der Waals surface area contributed by atoms with Crippen LogP contribution in [0.3, 0.4) is 0 Å². The maximum Gasteiger partial charge on any atom is 0.217 e. The molecule has 0 saturated carbocycles. The highest BCUT2D eigenvalue weighted by molar-refractivity contribution is 6.30. The molecule has 14 heavy (non-hydrogen) atoms. The molecular weight excluding hydrogens is 200 g/mol. The van der Waals surface area contributed by atoms with Crippen molar-refractivity contribution in [2.75, 3.05) is 6.54 Å². The van der Waals surface area contributed by atoms with E-state index in [2.05, 4.69) is 5.32 Å². The van der Waals surface area contributed by atoms with Gasteiger partial charge >= 0.3 is 0 Å². The first-order valence-corrected chi connectivity index (χ1v) is 4.74. The van der Waals surface area contributed by atoms with Gasteiger partial charge in [0, 0.05) is 18.5 Å². The first kappa shape index (κ1) is 11.0. The Balaban J connectivity index is 2.78. The number of halogens is 1. The van der Waals surface area contributed by atoms with Crippen LogP contribution in [0.15, 0.2) is 24.3 Å². The van der Waals surface area contributed by atoms with Crippen molar-refractivity contribution in [3.05, 3.63) is 34.9 Å². The molecule has 1 rings (SSSR count). The SMILES string of the molecule is CC(=O)NC(CN)c1ccc(Cl)cc1. The molecular formula is C10H13ClN2O. The molecule has 0 bridgehead atoms. The smallest absolute Gasteiger partial charge is 0.217 e. The number of benzene rings is 1. The second-order valence-electron chi connectivity index (χ2n) is 3.04. The summed E-state index contributed by atoms with van der Waals surface area (Å²) < 4.78 is 0. The summed E-state index contributed by atoms with van der Waals surface area (Å²) >= 11 is 5.75. The van der Waals surface area contributed by atoms with Crippen molar-refractivity contribution in [3.63, 3.8) is 0 Å². The first-order valence-electron chi connectivity index (χ1n) is 4.36. The number of rotatable bonds is 3. The molecule has 1 aromatic carbocycles. The van der Waals surface area contributed by atoms with Gasteiger partial charge in [0.2, 0.25) is 5.91 Å². The van der Waals surface area contributed by atoms with Crippen LogP contribution >= 0.6 is 11.6 Å². The Labute approximate surface area is 88.2 Å². The maximum absolute atomic E-state index is 10.9. The Morgan fingerprint density at radius 3 is 2.50 bits per heavy atom. The highest BCUT2D eigenvalue weighted by Crippen LogP contribution is 2.15. The summed E-state index contributed by atoms with van der Waals surface area (Å²) in [5, 5.41) is 3.43. The molecule has 0 radical (unpaired) electrons. The fraction of sp³-hybridized carbons (Fsp3) is 0.300. The summed E-state index contributed by atoms with van der Waals surface area (Å²) in [4.78, 5) is 10.9. The van der Waals surface area contributed by atoms with Crippen LogP contribution in [0.4, 0.5) is 0 Å². The predicted octanol–water partition coefficient (Wildman–Crippen LogP) is 1.48. The maximum atomic E-state index is 10.9. The number of hydrogen-bond acceptors (Lipinski definition) is 2. The average Bonchev–Trinajstić information content (AvgIpc) is 2.15.